The predicted octanol–water partition coefficient (Wildman–Crippen LogP) is 3.16. The Morgan fingerprint density at radius 3 is 2.18 bits per heavy atom. The van der Waals surface area contributed by atoms with E-state index in [2.05, 4.69) is 10.2 Å². The third-order valence-corrected chi connectivity index (χ3v) is 3.41. The number of rotatable bonds is 4. The minimum atomic E-state index is 0.605. The fraction of sp³-hybridized carbons (Fsp3) is 0.250. The van der Waals surface area contributed by atoms with Crippen LogP contribution in [0.5, 0.6) is 11.5 Å². The highest BCUT2D eigenvalue weighted by Gasteiger charge is 2.21. The third-order valence-electron chi connectivity index (χ3n) is 3.41. The van der Waals surface area contributed by atoms with E-state index in [-0.39, 0.29) is 0 Å². The monoisotopic (exact) mass is 299 g/mol. The molecule has 0 aliphatic rings. The Hall–Kier alpha value is -2.76. The number of benzene rings is 1. The number of aromatic nitrogens is 3. The molecule has 0 fully saturated rings. The van der Waals surface area contributed by atoms with Crippen LogP contribution in [0.15, 0.2) is 34.7 Å². The lowest BCUT2D eigenvalue weighted by Crippen LogP contribution is -2.04. The van der Waals surface area contributed by atoms with Crippen LogP contribution in [-0.2, 0) is 0 Å². The third kappa shape index (κ3) is 2.22. The zero-order chi connectivity index (χ0) is 15.7. The van der Waals surface area contributed by atoms with E-state index in [9.17, 15) is 0 Å². The Bertz CT molecular complexity index is 783. The molecule has 22 heavy (non-hydrogen) atoms. The van der Waals surface area contributed by atoms with Crippen LogP contribution in [0.4, 0.5) is 0 Å². The first-order valence-corrected chi connectivity index (χ1v) is 6.86. The predicted molar refractivity (Wildman–Crippen MR) is 81.6 cm³/mol. The topological polar surface area (TPSA) is 62.3 Å². The van der Waals surface area contributed by atoms with Crippen molar-refractivity contribution in [1.29, 1.82) is 0 Å². The van der Waals surface area contributed by atoms with Gasteiger partial charge >= 0.3 is 0 Å². The summed E-state index contributed by atoms with van der Waals surface area (Å²) in [7, 11) is 3.24. The first-order chi connectivity index (χ1) is 10.7. The van der Waals surface area contributed by atoms with Crippen molar-refractivity contribution in [2.75, 3.05) is 14.2 Å². The lowest BCUT2D eigenvalue weighted by atomic mass is 10.2. The van der Waals surface area contributed by atoms with E-state index in [0.717, 1.165) is 11.4 Å². The van der Waals surface area contributed by atoms with Crippen molar-refractivity contribution in [3.05, 3.63) is 41.9 Å². The smallest absolute Gasteiger partial charge is 0.204 e. The molecule has 114 valence electrons. The highest BCUT2D eigenvalue weighted by atomic mass is 16.5. The number of furan rings is 1. The van der Waals surface area contributed by atoms with Gasteiger partial charge in [0.1, 0.15) is 28.8 Å². The number of hydrogen-bond acceptors (Lipinski definition) is 5. The molecule has 3 aromatic rings. The fourth-order valence-corrected chi connectivity index (χ4v) is 2.40. The van der Waals surface area contributed by atoms with E-state index in [4.69, 9.17) is 13.9 Å². The Morgan fingerprint density at radius 1 is 0.955 bits per heavy atom. The standard InChI is InChI=1S/C16H17N3O3/c1-10-8-9-14(22-10)16-18-17-11(2)19(16)15-12(20-3)6-5-7-13(15)21-4/h5-9H,1-4H3. The Morgan fingerprint density at radius 2 is 1.64 bits per heavy atom. The molecule has 0 aliphatic carbocycles. The van der Waals surface area contributed by atoms with Crippen molar-refractivity contribution in [3.8, 4) is 28.8 Å². The molecule has 1 aromatic carbocycles. The van der Waals surface area contributed by atoms with E-state index in [1.165, 1.54) is 0 Å². The summed E-state index contributed by atoms with van der Waals surface area (Å²) in [6.07, 6.45) is 0. The molecule has 0 bridgehead atoms. The van der Waals surface area contributed by atoms with Crippen LogP contribution >= 0.6 is 0 Å². The van der Waals surface area contributed by atoms with Crippen LogP contribution in [0.25, 0.3) is 17.3 Å². The maximum atomic E-state index is 5.69. The molecular weight excluding hydrogens is 282 g/mol. The van der Waals surface area contributed by atoms with Crippen LogP contribution in [0.3, 0.4) is 0 Å². The second kappa shape index (κ2) is 5.55. The fourth-order valence-electron chi connectivity index (χ4n) is 2.40. The summed E-state index contributed by atoms with van der Waals surface area (Å²) in [6, 6.07) is 9.38. The Kier molecular flexibility index (Phi) is 3.58. The van der Waals surface area contributed by atoms with Gasteiger partial charge < -0.3 is 13.9 Å². The SMILES string of the molecule is COc1cccc(OC)c1-n1c(C)nnc1-c1ccc(C)o1. The molecule has 0 aliphatic heterocycles. The highest BCUT2D eigenvalue weighted by molar-refractivity contribution is 5.63. The van der Waals surface area contributed by atoms with E-state index in [0.29, 0.717) is 28.9 Å². The molecule has 3 rings (SSSR count). The molecule has 0 saturated heterocycles. The van der Waals surface area contributed by atoms with E-state index < -0.39 is 0 Å². The molecule has 2 aromatic heterocycles. The molecule has 0 N–H and O–H groups in total. The summed E-state index contributed by atoms with van der Waals surface area (Å²) in [5.41, 5.74) is 0.749. The Balaban J connectivity index is 2.28. The van der Waals surface area contributed by atoms with Gasteiger partial charge in [0, 0.05) is 0 Å². The first kappa shape index (κ1) is 14.2. The van der Waals surface area contributed by atoms with Gasteiger partial charge in [-0.2, -0.15) is 0 Å². The molecule has 6 nitrogen and oxygen atoms in total. The molecule has 0 amide bonds. The largest absolute Gasteiger partial charge is 0.494 e. The number of aryl methyl sites for hydroxylation is 2. The van der Waals surface area contributed by atoms with E-state index >= 15 is 0 Å². The minimum Gasteiger partial charge on any atom is -0.494 e. The Labute approximate surface area is 128 Å². The van der Waals surface area contributed by atoms with Crippen molar-refractivity contribution in [1.82, 2.24) is 14.8 Å². The molecule has 0 spiro atoms. The van der Waals surface area contributed by atoms with Crippen molar-refractivity contribution < 1.29 is 13.9 Å². The van der Waals surface area contributed by atoms with Crippen LogP contribution < -0.4 is 9.47 Å². The van der Waals surface area contributed by atoms with E-state index in [1.54, 1.807) is 14.2 Å². The highest BCUT2D eigenvalue weighted by Crippen LogP contribution is 2.36. The summed E-state index contributed by atoms with van der Waals surface area (Å²) in [4.78, 5) is 0. The lowest BCUT2D eigenvalue weighted by molar-refractivity contribution is 0.390. The first-order valence-electron chi connectivity index (χ1n) is 6.86. The molecule has 6 heteroatoms. The summed E-state index contributed by atoms with van der Waals surface area (Å²) in [5, 5.41) is 8.41. The lowest BCUT2D eigenvalue weighted by Gasteiger charge is -2.15. The van der Waals surface area contributed by atoms with Gasteiger partial charge in [-0.25, -0.2) is 0 Å². The van der Waals surface area contributed by atoms with Crippen molar-refractivity contribution in [3.63, 3.8) is 0 Å². The minimum absolute atomic E-state index is 0.605. The maximum Gasteiger partial charge on any atom is 0.204 e. The quantitative estimate of drug-likeness (QED) is 0.740. The van der Waals surface area contributed by atoms with Gasteiger partial charge in [0.25, 0.3) is 0 Å². The summed E-state index contributed by atoms with van der Waals surface area (Å²) < 4.78 is 18.5. The van der Waals surface area contributed by atoms with Gasteiger partial charge in [-0.15, -0.1) is 10.2 Å². The number of hydrogen-bond donors (Lipinski definition) is 0. The van der Waals surface area contributed by atoms with E-state index in [1.807, 2.05) is 48.7 Å². The molecule has 0 unspecified atom stereocenters. The summed E-state index contributed by atoms with van der Waals surface area (Å²) >= 11 is 0. The zero-order valence-corrected chi connectivity index (χ0v) is 13.0. The molecule has 0 saturated carbocycles. The molecule has 0 atom stereocenters. The normalized spacial score (nSPS) is 10.7. The van der Waals surface area contributed by atoms with Gasteiger partial charge in [0.05, 0.1) is 14.2 Å². The average Bonchev–Trinajstić information content (AvgIpc) is 3.12. The van der Waals surface area contributed by atoms with Crippen molar-refractivity contribution in [2.45, 2.75) is 13.8 Å². The molecule has 2 heterocycles. The van der Waals surface area contributed by atoms with Crippen LogP contribution in [0.1, 0.15) is 11.6 Å². The van der Waals surface area contributed by atoms with Crippen LogP contribution in [-0.4, -0.2) is 29.0 Å². The summed E-state index contributed by atoms with van der Waals surface area (Å²) in [6.45, 7) is 3.76. The molecular formula is C16H17N3O3. The zero-order valence-electron chi connectivity index (χ0n) is 13.0. The molecule has 0 radical (unpaired) electrons. The van der Waals surface area contributed by atoms with Gasteiger partial charge in [-0.05, 0) is 38.1 Å². The van der Waals surface area contributed by atoms with Crippen LogP contribution in [0, 0.1) is 13.8 Å². The van der Waals surface area contributed by atoms with Gasteiger partial charge in [0.2, 0.25) is 5.82 Å². The summed E-state index contributed by atoms with van der Waals surface area (Å²) in [5.74, 6) is 4.12. The van der Waals surface area contributed by atoms with Crippen molar-refractivity contribution in [2.24, 2.45) is 0 Å². The number of nitrogens with zero attached hydrogens (tertiary/aromatic N) is 3. The van der Waals surface area contributed by atoms with Crippen LogP contribution in [0.2, 0.25) is 0 Å². The van der Waals surface area contributed by atoms with Crippen molar-refractivity contribution >= 4 is 0 Å². The van der Waals surface area contributed by atoms with Gasteiger partial charge in [-0.1, -0.05) is 6.07 Å². The maximum absolute atomic E-state index is 5.69. The second-order valence-corrected chi connectivity index (χ2v) is 4.83. The second-order valence-electron chi connectivity index (χ2n) is 4.83. The number of ether oxygens (including phenoxy) is 2. The number of methoxy groups -OCH3 is 2. The average molecular weight is 299 g/mol. The van der Waals surface area contributed by atoms with Gasteiger partial charge in [-0.3, -0.25) is 4.57 Å². The number of para-hydroxylation sites is 1. The van der Waals surface area contributed by atoms with Gasteiger partial charge in [0.15, 0.2) is 5.76 Å².